The fourth-order valence-electron chi connectivity index (χ4n) is 3.75. The van der Waals surface area contributed by atoms with Crippen LogP contribution in [0.1, 0.15) is 27.6 Å². The Morgan fingerprint density at radius 1 is 0.893 bits per heavy atom. The predicted octanol–water partition coefficient (Wildman–Crippen LogP) is 3.17. The Hall–Kier alpha value is -2.99. The van der Waals surface area contributed by atoms with Crippen molar-refractivity contribution in [1.29, 1.82) is 0 Å². The Bertz CT molecular complexity index is 945. The summed E-state index contributed by atoms with van der Waals surface area (Å²) >= 11 is 0. The maximum absolute atomic E-state index is 13.3. The SMILES string of the molecule is CCN1CCN(C2=C(Nc3ccc(F)cc3)C(=O)c3ccccc3C2=O)CC1. The van der Waals surface area contributed by atoms with Gasteiger partial charge in [0.05, 0.1) is 0 Å². The molecule has 0 aromatic heterocycles. The minimum Gasteiger partial charge on any atom is -0.364 e. The molecule has 0 bridgehead atoms. The lowest BCUT2D eigenvalue weighted by Gasteiger charge is -2.38. The molecule has 2 aromatic rings. The van der Waals surface area contributed by atoms with Gasteiger partial charge in [-0.2, -0.15) is 0 Å². The first-order chi connectivity index (χ1) is 13.6. The lowest BCUT2D eigenvalue weighted by Crippen LogP contribution is -2.48. The number of likely N-dealkylation sites (N-methyl/N-ethyl adjacent to an activating group) is 1. The van der Waals surface area contributed by atoms with Gasteiger partial charge in [0.2, 0.25) is 11.6 Å². The number of benzene rings is 2. The average molecular weight is 379 g/mol. The summed E-state index contributed by atoms with van der Waals surface area (Å²) in [4.78, 5) is 30.8. The number of ketones is 2. The van der Waals surface area contributed by atoms with Gasteiger partial charge < -0.3 is 15.1 Å². The molecule has 0 unspecified atom stereocenters. The van der Waals surface area contributed by atoms with Gasteiger partial charge in [-0.05, 0) is 30.8 Å². The molecule has 144 valence electrons. The number of nitrogens with one attached hydrogen (secondary N) is 1. The zero-order chi connectivity index (χ0) is 19.7. The van der Waals surface area contributed by atoms with Crippen LogP contribution >= 0.6 is 0 Å². The molecule has 5 nitrogen and oxygen atoms in total. The number of carbonyl (C=O) groups is 2. The molecule has 1 N–H and O–H groups in total. The fourth-order valence-corrected chi connectivity index (χ4v) is 3.75. The van der Waals surface area contributed by atoms with Crippen LogP contribution in [0.4, 0.5) is 10.1 Å². The van der Waals surface area contributed by atoms with Crippen LogP contribution in [0.15, 0.2) is 59.9 Å². The molecule has 1 heterocycles. The number of Topliss-reactive ketones (excluding diaryl/α,β-unsaturated/α-hetero) is 2. The van der Waals surface area contributed by atoms with Crippen molar-refractivity contribution in [1.82, 2.24) is 9.80 Å². The van der Waals surface area contributed by atoms with E-state index < -0.39 is 0 Å². The van der Waals surface area contributed by atoms with Gasteiger partial charge in [-0.3, -0.25) is 9.59 Å². The third kappa shape index (κ3) is 3.31. The first-order valence-electron chi connectivity index (χ1n) is 9.51. The van der Waals surface area contributed by atoms with E-state index in [1.807, 2.05) is 4.90 Å². The van der Waals surface area contributed by atoms with Crippen LogP contribution < -0.4 is 5.32 Å². The second-order valence-corrected chi connectivity index (χ2v) is 6.98. The zero-order valence-corrected chi connectivity index (χ0v) is 15.7. The molecule has 0 radical (unpaired) electrons. The van der Waals surface area contributed by atoms with Gasteiger partial charge in [0.15, 0.2) is 0 Å². The summed E-state index contributed by atoms with van der Waals surface area (Å²) in [5.74, 6) is -0.718. The quantitative estimate of drug-likeness (QED) is 0.884. The van der Waals surface area contributed by atoms with Crippen molar-refractivity contribution in [3.63, 3.8) is 0 Å². The molecule has 6 heteroatoms. The summed E-state index contributed by atoms with van der Waals surface area (Å²) < 4.78 is 13.3. The van der Waals surface area contributed by atoms with E-state index in [0.717, 1.165) is 19.6 Å². The van der Waals surface area contributed by atoms with Crippen molar-refractivity contribution in [2.24, 2.45) is 0 Å². The lowest BCUT2D eigenvalue weighted by molar-refractivity contribution is 0.0909. The Labute approximate surface area is 163 Å². The highest BCUT2D eigenvalue weighted by molar-refractivity contribution is 6.27. The molecule has 1 fully saturated rings. The minimum absolute atomic E-state index is 0.148. The molecule has 0 atom stereocenters. The Morgan fingerprint density at radius 2 is 1.50 bits per heavy atom. The van der Waals surface area contributed by atoms with Gasteiger partial charge in [-0.25, -0.2) is 4.39 Å². The number of nitrogens with zero attached hydrogens (tertiary/aromatic N) is 2. The van der Waals surface area contributed by atoms with Crippen molar-refractivity contribution < 1.29 is 14.0 Å². The highest BCUT2D eigenvalue weighted by Crippen LogP contribution is 2.30. The fraction of sp³-hybridized carbons (Fsp3) is 0.273. The standard InChI is InChI=1S/C22H22FN3O2/c1-2-25-11-13-26(14-12-25)20-19(24-16-9-7-15(23)8-10-16)21(27)17-5-3-4-6-18(17)22(20)28/h3-10,24H,2,11-14H2,1H3. The van der Waals surface area contributed by atoms with Gasteiger partial charge in [0, 0.05) is 43.0 Å². The van der Waals surface area contributed by atoms with Crippen LogP contribution in [-0.2, 0) is 0 Å². The minimum atomic E-state index is -0.355. The molecular weight excluding hydrogens is 357 g/mol. The molecule has 1 aliphatic heterocycles. The maximum Gasteiger partial charge on any atom is 0.212 e. The van der Waals surface area contributed by atoms with Gasteiger partial charge in [0.25, 0.3) is 0 Å². The van der Waals surface area contributed by atoms with Gasteiger partial charge in [-0.15, -0.1) is 0 Å². The number of hydrogen-bond donors (Lipinski definition) is 1. The van der Waals surface area contributed by atoms with Crippen molar-refractivity contribution in [3.05, 3.63) is 76.9 Å². The van der Waals surface area contributed by atoms with E-state index in [1.54, 1.807) is 36.4 Å². The van der Waals surface area contributed by atoms with Crippen LogP contribution in [0.3, 0.4) is 0 Å². The Kier molecular flexibility index (Phi) is 4.96. The highest BCUT2D eigenvalue weighted by atomic mass is 19.1. The monoisotopic (exact) mass is 379 g/mol. The summed E-state index contributed by atoms with van der Waals surface area (Å²) in [7, 11) is 0. The number of allylic oxidation sites excluding steroid dienone is 2. The Balaban J connectivity index is 1.76. The molecule has 2 aromatic carbocycles. The van der Waals surface area contributed by atoms with Crippen molar-refractivity contribution in [3.8, 4) is 0 Å². The molecule has 28 heavy (non-hydrogen) atoms. The second kappa shape index (κ2) is 7.56. The van der Waals surface area contributed by atoms with Crippen molar-refractivity contribution in [2.75, 3.05) is 38.0 Å². The molecule has 1 saturated heterocycles. The van der Waals surface area contributed by atoms with Crippen LogP contribution in [0.5, 0.6) is 0 Å². The summed E-state index contributed by atoms with van der Waals surface area (Å²) in [5, 5.41) is 3.09. The maximum atomic E-state index is 13.3. The molecule has 0 amide bonds. The molecular formula is C22H22FN3O2. The number of anilines is 1. The summed E-state index contributed by atoms with van der Waals surface area (Å²) in [5.41, 5.74) is 2.07. The first kappa shape index (κ1) is 18.4. The van der Waals surface area contributed by atoms with Gasteiger partial charge >= 0.3 is 0 Å². The van der Waals surface area contributed by atoms with E-state index in [2.05, 4.69) is 17.1 Å². The van der Waals surface area contributed by atoms with E-state index in [1.165, 1.54) is 12.1 Å². The van der Waals surface area contributed by atoms with Gasteiger partial charge in [-0.1, -0.05) is 31.2 Å². The topological polar surface area (TPSA) is 52.6 Å². The largest absolute Gasteiger partial charge is 0.364 e. The number of halogens is 1. The van der Waals surface area contributed by atoms with Crippen molar-refractivity contribution >= 4 is 17.3 Å². The molecule has 0 saturated carbocycles. The van der Waals surface area contributed by atoms with E-state index >= 15 is 0 Å². The number of hydrogen-bond acceptors (Lipinski definition) is 5. The highest BCUT2D eigenvalue weighted by Gasteiger charge is 2.36. The van der Waals surface area contributed by atoms with E-state index in [4.69, 9.17) is 0 Å². The molecule has 0 spiro atoms. The van der Waals surface area contributed by atoms with E-state index in [0.29, 0.717) is 35.6 Å². The molecule has 1 aliphatic carbocycles. The summed E-state index contributed by atoms with van der Waals surface area (Å²) in [6.45, 7) is 6.11. The number of carbonyl (C=O) groups excluding carboxylic acids is 2. The van der Waals surface area contributed by atoms with Crippen LogP contribution in [0.2, 0.25) is 0 Å². The van der Waals surface area contributed by atoms with Gasteiger partial charge in [0.1, 0.15) is 17.2 Å². The Morgan fingerprint density at radius 3 is 2.11 bits per heavy atom. The molecule has 4 rings (SSSR count). The predicted molar refractivity (Wildman–Crippen MR) is 106 cm³/mol. The first-order valence-corrected chi connectivity index (χ1v) is 9.51. The number of fused-ring (bicyclic) bond motifs is 1. The van der Waals surface area contributed by atoms with E-state index in [-0.39, 0.29) is 23.1 Å². The smallest absolute Gasteiger partial charge is 0.212 e. The number of piperazine rings is 1. The summed E-state index contributed by atoms with van der Waals surface area (Å²) in [6.07, 6.45) is 0. The lowest BCUT2D eigenvalue weighted by atomic mass is 9.89. The van der Waals surface area contributed by atoms with E-state index in [9.17, 15) is 14.0 Å². The normalized spacial score (nSPS) is 17.7. The number of rotatable bonds is 4. The third-order valence-corrected chi connectivity index (χ3v) is 5.34. The van der Waals surface area contributed by atoms with Crippen LogP contribution in [0.25, 0.3) is 0 Å². The second-order valence-electron chi connectivity index (χ2n) is 6.98. The third-order valence-electron chi connectivity index (χ3n) is 5.34. The van der Waals surface area contributed by atoms with Crippen LogP contribution in [0, 0.1) is 5.82 Å². The van der Waals surface area contributed by atoms with Crippen LogP contribution in [-0.4, -0.2) is 54.1 Å². The van der Waals surface area contributed by atoms with Crippen molar-refractivity contribution in [2.45, 2.75) is 6.92 Å². The molecule has 2 aliphatic rings. The zero-order valence-electron chi connectivity index (χ0n) is 15.7. The average Bonchev–Trinajstić information content (AvgIpc) is 2.74. The summed E-state index contributed by atoms with van der Waals surface area (Å²) in [6, 6.07) is 12.7.